The largest absolute Gasteiger partial charge is 0.385 e. The van der Waals surface area contributed by atoms with E-state index < -0.39 is 10.0 Å². The van der Waals surface area contributed by atoms with E-state index in [2.05, 4.69) is 4.98 Å². The van der Waals surface area contributed by atoms with E-state index in [1.165, 1.54) is 16.6 Å². The van der Waals surface area contributed by atoms with Gasteiger partial charge in [0.25, 0.3) is 0 Å². The number of hydrogen-bond donors (Lipinski definition) is 1. The Balaban J connectivity index is 2.77. The standard InChI is InChI=1S/C11H19N3O3S/c1-14(6-3-7-17-2)18(15,16)11-5-4-10(8-12)13-9-11/h4-5,9H,3,6-8,12H2,1-2H3. The first-order valence-corrected chi connectivity index (χ1v) is 7.06. The van der Waals surface area contributed by atoms with Crippen molar-refractivity contribution in [2.75, 3.05) is 27.3 Å². The van der Waals surface area contributed by atoms with Crippen LogP contribution in [0.2, 0.25) is 0 Å². The molecule has 0 saturated carbocycles. The molecule has 0 fully saturated rings. The van der Waals surface area contributed by atoms with Crippen LogP contribution in [-0.2, 0) is 21.3 Å². The van der Waals surface area contributed by atoms with Crippen LogP contribution in [0.4, 0.5) is 0 Å². The van der Waals surface area contributed by atoms with Crippen LogP contribution in [0.1, 0.15) is 12.1 Å². The molecule has 0 aliphatic carbocycles. The molecule has 1 heterocycles. The number of nitrogens with zero attached hydrogens (tertiary/aromatic N) is 2. The fraction of sp³-hybridized carbons (Fsp3) is 0.545. The summed E-state index contributed by atoms with van der Waals surface area (Å²) >= 11 is 0. The molecular weight excluding hydrogens is 254 g/mol. The second kappa shape index (κ2) is 6.79. The average molecular weight is 273 g/mol. The predicted octanol–water partition coefficient (Wildman–Crippen LogP) is 0.197. The Morgan fingerprint density at radius 3 is 2.67 bits per heavy atom. The Labute approximate surface area is 108 Å². The molecular formula is C11H19N3O3S. The Bertz CT molecular complexity index is 459. The van der Waals surface area contributed by atoms with Crippen molar-refractivity contribution in [1.82, 2.24) is 9.29 Å². The van der Waals surface area contributed by atoms with E-state index >= 15 is 0 Å². The van der Waals surface area contributed by atoms with Crippen LogP contribution in [0.15, 0.2) is 23.2 Å². The SMILES string of the molecule is COCCCN(C)S(=O)(=O)c1ccc(CN)nc1. The first-order chi connectivity index (χ1) is 8.52. The van der Waals surface area contributed by atoms with Crippen molar-refractivity contribution in [3.8, 4) is 0 Å². The van der Waals surface area contributed by atoms with Gasteiger partial charge in [0, 0.05) is 40.1 Å². The lowest BCUT2D eigenvalue weighted by molar-refractivity contribution is 0.189. The highest BCUT2D eigenvalue weighted by Gasteiger charge is 2.20. The summed E-state index contributed by atoms with van der Waals surface area (Å²) in [6, 6.07) is 3.15. The lowest BCUT2D eigenvalue weighted by Crippen LogP contribution is -2.28. The van der Waals surface area contributed by atoms with E-state index in [0.717, 1.165) is 0 Å². The number of methoxy groups -OCH3 is 1. The van der Waals surface area contributed by atoms with Crippen molar-refractivity contribution in [3.05, 3.63) is 24.0 Å². The topological polar surface area (TPSA) is 85.5 Å². The van der Waals surface area contributed by atoms with Crippen LogP contribution in [-0.4, -0.2) is 45.0 Å². The third kappa shape index (κ3) is 3.74. The van der Waals surface area contributed by atoms with Gasteiger partial charge in [-0.2, -0.15) is 0 Å². The molecule has 1 rings (SSSR count). The summed E-state index contributed by atoms with van der Waals surface area (Å²) in [4.78, 5) is 4.17. The van der Waals surface area contributed by atoms with E-state index in [0.29, 0.717) is 31.8 Å². The van der Waals surface area contributed by atoms with Gasteiger partial charge < -0.3 is 10.5 Å². The number of hydrogen-bond acceptors (Lipinski definition) is 5. The molecule has 0 unspecified atom stereocenters. The maximum absolute atomic E-state index is 12.1. The summed E-state index contributed by atoms with van der Waals surface area (Å²) in [5, 5.41) is 0. The molecule has 0 amide bonds. The van der Waals surface area contributed by atoms with Crippen molar-refractivity contribution in [2.24, 2.45) is 5.73 Å². The van der Waals surface area contributed by atoms with Gasteiger partial charge in [-0.25, -0.2) is 12.7 Å². The van der Waals surface area contributed by atoms with Crippen LogP contribution < -0.4 is 5.73 Å². The van der Waals surface area contributed by atoms with Gasteiger partial charge in [-0.15, -0.1) is 0 Å². The van der Waals surface area contributed by atoms with E-state index in [9.17, 15) is 8.42 Å². The maximum atomic E-state index is 12.1. The van der Waals surface area contributed by atoms with E-state index in [1.54, 1.807) is 20.2 Å². The molecule has 2 N–H and O–H groups in total. The van der Waals surface area contributed by atoms with E-state index in [1.807, 2.05) is 0 Å². The summed E-state index contributed by atoms with van der Waals surface area (Å²) in [5.41, 5.74) is 6.08. The predicted molar refractivity (Wildman–Crippen MR) is 68.4 cm³/mol. The second-order valence-corrected chi connectivity index (χ2v) is 5.91. The molecule has 6 nitrogen and oxygen atoms in total. The molecule has 0 aliphatic rings. The first-order valence-electron chi connectivity index (χ1n) is 5.62. The molecule has 0 bridgehead atoms. The van der Waals surface area contributed by atoms with Gasteiger partial charge in [-0.3, -0.25) is 4.98 Å². The summed E-state index contributed by atoms with van der Waals surface area (Å²) in [6.45, 7) is 1.24. The zero-order valence-electron chi connectivity index (χ0n) is 10.7. The average Bonchev–Trinajstić information content (AvgIpc) is 2.39. The molecule has 0 atom stereocenters. The molecule has 0 aliphatic heterocycles. The zero-order chi connectivity index (χ0) is 13.6. The maximum Gasteiger partial charge on any atom is 0.244 e. The van der Waals surface area contributed by atoms with Crippen molar-refractivity contribution < 1.29 is 13.2 Å². The molecule has 18 heavy (non-hydrogen) atoms. The summed E-state index contributed by atoms with van der Waals surface area (Å²) in [5.74, 6) is 0. The number of ether oxygens (including phenoxy) is 1. The second-order valence-electron chi connectivity index (χ2n) is 3.86. The monoisotopic (exact) mass is 273 g/mol. The molecule has 7 heteroatoms. The van der Waals surface area contributed by atoms with Gasteiger partial charge in [0.1, 0.15) is 4.90 Å². The highest BCUT2D eigenvalue weighted by Crippen LogP contribution is 2.13. The first kappa shape index (κ1) is 15.0. The van der Waals surface area contributed by atoms with Gasteiger partial charge in [-0.05, 0) is 18.6 Å². The number of pyridine rings is 1. The van der Waals surface area contributed by atoms with Crippen molar-refractivity contribution in [2.45, 2.75) is 17.9 Å². The van der Waals surface area contributed by atoms with Crippen LogP contribution in [0.3, 0.4) is 0 Å². The third-order valence-corrected chi connectivity index (χ3v) is 4.38. The Morgan fingerprint density at radius 2 is 2.17 bits per heavy atom. The lowest BCUT2D eigenvalue weighted by atomic mass is 10.4. The van der Waals surface area contributed by atoms with Crippen molar-refractivity contribution in [3.63, 3.8) is 0 Å². The Hall–Kier alpha value is -1.02. The lowest BCUT2D eigenvalue weighted by Gasteiger charge is -2.16. The fourth-order valence-corrected chi connectivity index (χ4v) is 2.57. The minimum atomic E-state index is -3.47. The molecule has 0 saturated heterocycles. The third-order valence-electron chi connectivity index (χ3n) is 2.54. The highest BCUT2D eigenvalue weighted by molar-refractivity contribution is 7.89. The van der Waals surface area contributed by atoms with Gasteiger partial charge in [0.15, 0.2) is 0 Å². The molecule has 1 aromatic heterocycles. The molecule has 0 aromatic carbocycles. The molecule has 1 aromatic rings. The summed E-state index contributed by atoms with van der Waals surface area (Å²) in [6.07, 6.45) is 1.99. The van der Waals surface area contributed by atoms with Gasteiger partial charge >= 0.3 is 0 Å². The fourth-order valence-electron chi connectivity index (χ4n) is 1.42. The smallest absolute Gasteiger partial charge is 0.244 e. The molecule has 0 spiro atoms. The normalized spacial score (nSPS) is 12.0. The van der Waals surface area contributed by atoms with Crippen LogP contribution in [0.25, 0.3) is 0 Å². The van der Waals surface area contributed by atoms with E-state index in [-0.39, 0.29) is 4.90 Å². The minimum Gasteiger partial charge on any atom is -0.385 e. The Kier molecular flexibility index (Phi) is 5.67. The molecule has 0 radical (unpaired) electrons. The number of nitrogens with two attached hydrogens (primary N) is 1. The number of aromatic nitrogens is 1. The van der Waals surface area contributed by atoms with Gasteiger partial charge in [0.2, 0.25) is 10.0 Å². The van der Waals surface area contributed by atoms with E-state index in [4.69, 9.17) is 10.5 Å². The van der Waals surface area contributed by atoms with Crippen molar-refractivity contribution >= 4 is 10.0 Å². The van der Waals surface area contributed by atoms with Gasteiger partial charge in [0.05, 0.1) is 5.69 Å². The van der Waals surface area contributed by atoms with Crippen LogP contribution >= 0.6 is 0 Å². The summed E-state index contributed by atoms with van der Waals surface area (Å²) in [7, 11) is -0.339. The van der Waals surface area contributed by atoms with Crippen LogP contribution in [0, 0.1) is 0 Å². The van der Waals surface area contributed by atoms with Gasteiger partial charge in [-0.1, -0.05) is 0 Å². The molecule has 102 valence electrons. The number of rotatable bonds is 7. The quantitative estimate of drug-likeness (QED) is 0.717. The zero-order valence-corrected chi connectivity index (χ0v) is 11.5. The minimum absolute atomic E-state index is 0.180. The van der Waals surface area contributed by atoms with Crippen molar-refractivity contribution in [1.29, 1.82) is 0 Å². The number of sulfonamides is 1. The Morgan fingerprint density at radius 1 is 1.44 bits per heavy atom. The highest BCUT2D eigenvalue weighted by atomic mass is 32.2. The van der Waals surface area contributed by atoms with Crippen LogP contribution in [0.5, 0.6) is 0 Å². The summed E-state index contributed by atoms with van der Waals surface area (Å²) < 4.78 is 30.5.